The van der Waals surface area contributed by atoms with Gasteiger partial charge in [-0.1, -0.05) is 24.4 Å². The van der Waals surface area contributed by atoms with Gasteiger partial charge in [-0.3, -0.25) is 9.00 Å². The number of oxime groups is 1. The SMILES string of the molecule is CC(CNC(=O)C1(C(N)=NO)CCCCC1)S(C)=O. The van der Waals surface area contributed by atoms with E-state index < -0.39 is 16.2 Å². The molecule has 0 heterocycles. The van der Waals surface area contributed by atoms with Crippen LogP contribution < -0.4 is 11.1 Å². The number of carbonyl (C=O) groups excluding carboxylic acids is 1. The summed E-state index contributed by atoms with van der Waals surface area (Å²) in [6.45, 7) is 2.15. The minimum atomic E-state index is -0.983. The maximum atomic E-state index is 12.4. The minimum Gasteiger partial charge on any atom is -0.409 e. The van der Waals surface area contributed by atoms with Gasteiger partial charge in [-0.25, -0.2) is 0 Å². The van der Waals surface area contributed by atoms with E-state index in [0.717, 1.165) is 19.3 Å². The lowest BCUT2D eigenvalue weighted by atomic mass is 9.72. The second kappa shape index (κ2) is 6.88. The average Bonchev–Trinajstić information content (AvgIpc) is 2.43. The fourth-order valence-electron chi connectivity index (χ4n) is 2.37. The molecule has 0 bridgehead atoms. The van der Waals surface area contributed by atoms with Crippen LogP contribution in [0.4, 0.5) is 0 Å². The largest absolute Gasteiger partial charge is 0.409 e. The number of amidine groups is 1. The van der Waals surface area contributed by atoms with E-state index in [1.165, 1.54) is 0 Å². The van der Waals surface area contributed by atoms with Gasteiger partial charge in [-0.2, -0.15) is 0 Å². The zero-order valence-corrected chi connectivity index (χ0v) is 12.3. The molecule has 0 radical (unpaired) electrons. The fraction of sp³-hybridized carbons (Fsp3) is 0.833. The molecule has 110 valence electrons. The maximum Gasteiger partial charge on any atom is 0.233 e. The molecule has 0 aromatic heterocycles. The number of nitrogens with one attached hydrogen (secondary N) is 1. The van der Waals surface area contributed by atoms with Crippen molar-refractivity contribution < 1.29 is 14.2 Å². The molecule has 1 rings (SSSR count). The predicted molar refractivity (Wildman–Crippen MR) is 75.5 cm³/mol. The normalized spacial score (nSPS) is 22.5. The lowest BCUT2D eigenvalue weighted by molar-refractivity contribution is -0.129. The summed E-state index contributed by atoms with van der Waals surface area (Å²) in [6.07, 6.45) is 5.63. The third kappa shape index (κ3) is 3.68. The van der Waals surface area contributed by atoms with Crippen LogP contribution in [0.3, 0.4) is 0 Å². The van der Waals surface area contributed by atoms with Crippen molar-refractivity contribution in [2.24, 2.45) is 16.3 Å². The van der Waals surface area contributed by atoms with Crippen LogP contribution in [0.25, 0.3) is 0 Å². The average molecular weight is 289 g/mol. The van der Waals surface area contributed by atoms with Gasteiger partial charge < -0.3 is 16.3 Å². The molecular weight excluding hydrogens is 266 g/mol. The summed E-state index contributed by atoms with van der Waals surface area (Å²) in [4.78, 5) is 12.4. The zero-order chi connectivity index (χ0) is 14.5. The Labute approximate surface area is 116 Å². The number of nitrogens with two attached hydrogens (primary N) is 1. The summed E-state index contributed by atoms with van der Waals surface area (Å²) in [5.41, 5.74) is 4.83. The summed E-state index contributed by atoms with van der Waals surface area (Å²) in [5.74, 6) is -0.241. The van der Waals surface area contributed by atoms with Crippen molar-refractivity contribution in [1.82, 2.24) is 5.32 Å². The van der Waals surface area contributed by atoms with E-state index in [1.54, 1.807) is 6.26 Å². The van der Waals surface area contributed by atoms with Crippen LogP contribution >= 0.6 is 0 Å². The second-order valence-corrected chi connectivity index (χ2v) is 6.95. The van der Waals surface area contributed by atoms with Crippen molar-refractivity contribution in [3.8, 4) is 0 Å². The van der Waals surface area contributed by atoms with Crippen molar-refractivity contribution in [2.75, 3.05) is 12.8 Å². The van der Waals surface area contributed by atoms with E-state index in [-0.39, 0.29) is 17.0 Å². The van der Waals surface area contributed by atoms with Gasteiger partial charge >= 0.3 is 0 Å². The molecule has 1 amide bonds. The van der Waals surface area contributed by atoms with Gasteiger partial charge in [0, 0.05) is 28.9 Å². The number of rotatable bonds is 5. The molecule has 0 spiro atoms. The van der Waals surface area contributed by atoms with E-state index in [0.29, 0.717) is 19.4 Å². The smallest absolute Gasteiger partial charge is 0.233 e. The molecule has 0 aromatic carbocycles. The van der Waals surface area contributed by atoms with Crippen molar-refractivity contribution >= 4 is 22.5 Å². The van der Waals surface area contributed by atoms with Gasteiger partial charge in [-0.15, -0.1) is 0 Å². The van der Waals surface area contributed by atoms with Crippen molar-refractivity contribution in [2.45, 2.75) is 44.3 Å². The maximum absolute atomic E-state index is 12.4. The van der Waals surface area contributed by atoms with E-state index in [4.69, 9.17) is 10.9 Å². The lowest BCUT2D eigenvalue weighted by Gasteiger charge is -2.34. The van der Waals surface area contributed by atoms with Crippen LogP contribution in [0.5, 0.6) is 0 Å². The van der Waals surface area contributed by atoms with Gasteiger partial charge in [-0.05, 0) is 19.8 Å². The number of hydrogen-bond acceptors (Lipinski definition) is 4. The predicted octanol–water partition coefficient (Wildman–Crippen LogP) is 0.567. The number of nitrogens with zero attached hydrogens (tertiary/aromatic N) is 1. The van der Waals surface area contributed by atoms with Crippen molar-refractivity contribution in [1.29, 1.82) is 0 Å². The van der Waals surface area contributed by atoms with Gasteiger partial charge in [0.1, 0.15) is 5.41 Å². The Kier molecular flexibility index (Phi) is 5.78. The molecule has 0 aliphatic heterocycles. The molecular formula is C12H23N3O3S. The monoisotopic (exact) mass is 289 g/mol. The molecule has 2 unspecified atom stereocenters. The highest BCUT2D eigenvalue weighted by Crippen LogP contribution is 2.36. The highest BCUT2D eigenvalue weighted by Gasteiger charge is 2.43. The van der Waals surface area contributed by atoms with Crippen LogP contribution in [0, 0.1) is 5.41 Å². The molecule has 2 atom stereocenters. The van der Waals surface area contributed by atoms with Crippen LogP contribution in [-0.2, 0) is 15.6 Å². The molecule has 0 aromatic rings. The first-order valence-corrected chi connectivity index (χ1v) is 8.14. The Hall–Kier alpha value is -1.11. The summed E-state index contributed by atoms with van der Waals surface area (Å²) in [5, 5.41) is 14.6. The third-order valence-electron chi connectivity index (χ3n) is 3.86. The first kappa shape index (κ1) is 15.9. The molecule has 1 saturated carbocycles. The second-order valence-electron chi connectivity index (χ2n) is 5.15. The van der Waals surface area contributed by atoms with Crippen LogP contribution in [0.15, 0.2) is 5.16 Å². The zero-order valence-electron chi connectivity index (χ0n) is 11.5. The molecule has 4 N–H and O–H groups in total. The third-order valence-corrected chi connectivity index (χ3v) is 5.16. The van der Waals surface area contributed by atoms with E-state index >= 15 is 0 Å². The molecule has 0 saturated heterocycles. The topological polar surface area (TPSA) is 105 Å². The first-order chi connectivity index (χ1) is 8.94. The summed E-state index contributed by atoms with van der Waals surface area (Å²) < 4.78 is 11.3. The Balaban J connectivity index is 2.76. The van der Waals surface area contributed by atoms with Crippen LogP contribution in [0.2, 0.25) is 0 Å². The molecule has 7 heteroatoms. The minimum absolute atomic E-state index is 0.0185. The van der Waals surface area contributed by atoms with Gasteiger partial charge in [0.2, 0.25) is 5.91 Å². The van der Waals surface area contributed by atoms with Gasteiger partial charge in [0.05, 0.1) is 0 Å². The van der Waals surface area contributed by atoms with E-state index in [9.17, 15) is 9.00 Å². The summed E-state index contributed by atoms with van der Waals surface area (Å²) in [7, 11) is -0.983. The molecule has 6 nitrogen and oxygen atoms in total. The number of hydrogen-bond donors (Lipinski definition) is 3. The van der Waals surface area contributed by atoms with Gasteiger partial charge in [0.15, 0.2) is 5.84 Å². The lowest BCUT2D eigenvalue weighted by Crippen LogP contribution is -2.52. The Morgan fingerprint density at radius 1 is 1.47 bits per heavy atom. The number of amides is 1. The van der Waals surface area contributed by atoms with Crippen LogP contribution in [-0.4, -0.2) is 39.2 Å². The highest BCUT2D eigenvalue weighted by atomic mass is 32.2. The molecule has 1 fully saturated rings. The van der Waals surface area contributed by atoms with Crippen molar-refractivity contribution in [3.05, 3.63) is 0 Å². The molecule has 1 aliphatic rings. The standard InChI is InChI=1S/C12H23N3O3S/c1-9(19(2)18)8-14-11(16)12(10(13)15-17)6-4-3-5-7-12/h9,17H,3-8H2,1-2H3,(H2,13,15)(H,14,16). The highest BCUT2D eigenvalue weighted by molar-refractivity contribution is 7.84. The fourth-order valence-corrected chi connectivity index (χ4v) is 2.69. The van der Waals surface area contributed by atoms with Crippen LogP contribution in [0.1, 0.15) is 39.0 Å². The quantitative estimate of drug-likeness (QED) is 0.298. The molecule has 19 heavy (non-hydrogen) atoms. The summed E-state index contributed by atoms with van der Waals surface area (Å²) in [6, 6.07) is 0. The summed E-state index contributed by atoms with van der Waals surface area (Å²) >= 11 is 0. The van der Waals surface area contributed by atoms with Crippen molar-refractivity contribution in [3.63, 3.8) is 0 Å². The first-order valence-electron chi connectivity index (χ1n) is 6.52. The van der Waals surface area contributed by atoms with E-state index in [1.807, 2.05) is 6.92 Å². The van der Waals surface area contributed by atoms with E-state index in [2.05, 4.69) is 10.5 Å². The Bertz CT molecular complexity index is 378. The number of carbonyl (C=O) groups is 1. The Morgan fingerprint density at radius 2 is 2.05 bits per heavy atom. The Morgan fingerprint density at radius 3 is 2.53 bits per heavy atom. The molecule has 1 aliphatic carbocycles. The van der Waals surface area contributed by atoms with Gasteiger partial charge in [0.25, 0.3) is 0 Å².